The number of hydrogen-bond acceptors (Lipinski definition) is 3. The molecule has 0 aromatic carbocycles. The number of anilines is 1. The van der Waals surface area contributed by atoms with Crippen LogP contribution in [0, 0.1) is 6.92 Å². The Hall–Kier alpha value is -0.900. The molecule has 0 unspecified atom stereocenters. The average molecular weight is 197 g/mol. The molecule has 1 heterocycles. The van der Waals surface area contributed by atoms with Crippen molar-refractivity contribution in [2.75, 3.05) is 5.32 Å². The van der Waals surface area contributed by atoms with Gasteiger partial charge >= 0.3 is 0 Å². The molecule has 3 nitrogen and oxygen atoms in total. The highest BCUT2D eigenvalue weighted by atomic mass is 32.1. The summed E-state index contributed by atoms with van der Waals surface area (Å²) in [7, 11) is 0. The summed E-state index contributed by atoms with van der Waals surface area (Å²) in [4.78, 5) is 14.9. The molecule has 0 fully saturated rings. The van der Waals surface area contributed by atoms with Gasteiger partial charge < -0.3 is 5.32 Å². The van der Waals surface area contributed by atoms with Gasteiger partial charge in [-0.2, -0.15) is 0 Å². The summed E-state index contributed by atoms with van der Waals surface area (Å²) in [5.74, 6) is -0.324. The number of nitrogens with one attached hydrogen (secondary N) is 1. The Morgan fingerprint density at radius 1 is 1.62 bits per heavy atom. The lowest BCUT2D eigenvalue weighted by molar-refractivity contribution is -0.112. The standard InChI is InChI=1S/C9H13N2OS/c1-6(12)10-8-11-7(5-13-8)9(2,3)4/h5H,1H2,2-4H3,(H,10,11,12). The second-order valence-electron chi connectivity index (χ2n) is 3.84. The van der Waals surface area contributed by atoms with E-state index in [1.165, 1.54) is 11.3 Å². The van der Waals surface area contributed by atoms with Crippen molar-refractivity contribution in [1.82, 2.24) is 4.98 Å². The Balaban J connectivity index is 2.81. The summed E-state index contributed by atoms with van der Waals surface area (Å²) in [6, 6.07) is 0. The van der Waals surface area contributed by atoms with Gasteiger partial charge in [0, 0.05) is 17.7 Å². The van der Waals surface area contributed by atoms with Crippen molar-refractivity contribution in [2.24, 2.45) is 0 Å². The fourth-order valence-electron chi connectivity index (χ4n) is 0.795. The zero-order valence-corrected chi connectivity index (χ0v) is 8.86. The third-order valence-corrected chi connectivity index (χ3v) is 2.28. The van der Waals surface area contributed by atoms with Gasteiger partial charge in [0.1, 0.15) is 0 Å². The number of nitrogens with zero attached hydrogens (tertiary/aromatic N) is 1. The molecule has 0 aliphatic carbocycles. The second-order valence-corrected chi connectivity index (χ2v) is 4.69. The molecule has 1 rings (SSSR count). The van der Waals surface area contributed by atoms with E-state index in [9.17, 15) is 4.79 Å². The second kappa shape index (κ2) is 3.46. The summed E-state index contributed by atoms with van der Waals surface area (Å²) >= 11 is 1.42. The molecule has 1 N–H and O–H groups in total. The molecule has 1 radical (unpaired) electrons. The maximum atomic E-state index is 10.6. The van der Waals surface area contributed by atoms with Gasteiger partial charge in [0.2, 0.25) is 5.91 Å². The van der Waals surface area contributed by atoms with Crippen LogP contribution in [0.3, 0.4) is 0 Å². The van der Waals surface area contributed by atoms with Crippen LogP contribution in [0.25, 0.3) is 0 Å². The number of rotatable bonds is 1. The van der Waals surface area contributed by atoms with Gasteiger partial charge in [-0.1, -0.05) is 20.8 Å². The van der Waals surface area contributed by atoms with Crippen molar-refractivity contribution in [1.29, 1.82) is 0 Å². The van der Waals surface area contributed by atoms with Crippen LogP contribution in [0.15, 0.2) is 5.38 Å². The lowest BCUT2D eigenvalue weighted by Gasteiger charge is -2.13. The van der Waals surface area contributed by atoms with E-state index in [-0.39, 0.29) is 11.3 Å². The average Bonchev–Trinajstić information content (AvgIpc) is 2.32. The minimum atomic E-state index is -0.324. The molecular formula is C9H13N2OS. The largest absolute Gasteiger partial charge is 0.302 e. The molecule has 1 aromatic heterocycles. The molecule has 0 aliphatic heterocycles. The van der Waals surface area contributed by atoms with Crippen molar-refractivity contribution in [3.8, 4) is 0 Å². The van der Waals surface area contributed by atoms with Gasteiger partial charge in [0.25, 0.3) is 0 Å². The molecule has 0 atom stereocenters. The maximum Gasteiger partial charge on any atom is 0.226 e. The van der Waals surface area contributed by atoms with Gasteiger partial charge in [-0.3, -0.25) is 4.79 Å². The van der Waals surface area contributed by atoms with E-state index in [1.807, 2.05) is 5.38 Å². The van der Waals surface area contributed by atoms with E-state index in [0.717, 1.165) is 5.69 Å². The lowest BCUT2D eigenvalue weighted by atomic mass is 9.93. The van der Waals surface area contributed by atoms with E-state index >= 15 is 0 Å². The van der Waals surface area contributed by atoms with Crippen LogP contribution >= 0.6 is 11.3 Å². The number of carbonyl (C=O) groups is 1. The van der Waals surface area contributed by atoms with Crippen LogP contribution in [0.5, 0.6) is 0 Å². The van der Waals surface area contributed by atoms with Crippen LogP contribution in [0.1, 0.15) is 26.5 Å². The monoisotopic (exact) mass is 197 g/mol. The third-order valence-electron chi connectivity index (χ3n) is 1.52. The minimum absolute atomic E-state index is 0.0284. The van der Waals surface area contributed by atoms with Gasteiger partial charge in [-0.05, 0) is 0 Å². The zero-order valence-electron chi connectivity index (χ0n) is 8.05. The summed E-state index contributed by atoms with van der Waals surface area (Å²) in [6.45, 7) is 9.47. The normalized spacial score (nSPS) is 11.4. The van der Waals surface area contributed by atoms with Crippen molar-refractivity contribution >= 4 is 22.4 Å². The van der Waals surface area contributed by atoms with Gasteiger partial charge in [-0.25, -0.2) is 4.98 Å². The Bertz CT molecular complexity index is 312. The molecule has 0 aliphatic rings. The first-order valence-electron chi connectivity index (χ1n) is 3.98. The summed E-state index contributed by atoms with van der Waals surface area (Å²) in [5.41, 5.74) is 1.02. The summed E-state index contributed by atoms with van der Waals surface area (Å²) in [5, 5.41) is 5.12. The van der Waals surface area contributed by atoms with E-state index < -0.39 is 0 Å². The molecule has 13 heavy (non-hydrogen) atoms. The van der Waals surface area contributed by atoms with Crippen LogP contribution < -0.4 is 5.32 Å². The lowest BCUT2D eigenvalue weighted by Crippen LogP contribution is -2.12. The van der Waals surface area contributed by atoms with Crippen molar-refractivity contribution in [3.05, 3.63) is 18.0 Å². The fourth-order valence-corrected chi connectivity index (χ4v) is 1.75. The molecule has 1 amide bonds. The van der Waals surface area contributed by atoms with Crippen LogP contribution in [-0.4, -0.2) is 10.9 Å². The highest BCUT2D eigenvalue weighted by Gasteiger charge is 2.17. The highest BCUT2D eigenvalue weighted by Crippen LogP contribution is 2.26. The Morgan fingerprint density at radius 2 is 2.23 bits per heavy atom. The molecule has 0 saturated carbocycles. The molecule has 71 valence electrons. The van der Waals surface area contributed by atoms with E-state index in [0.29, 0.717) is 5.13 Å². The van der Waals surface area contributed by atoms with E-state index in [4.69, 9.17) is 0 Å². The molecule has 1 aromatic rings. The molecular weight excluding hydrogens is 184 g/mol. The van der Waals surface area contributed by atoms with Gasteiger partial charge in [-0.15, -0.1) is 11.3 Å². The van der Waals surface area contributed by atoms with Crippen molar-refractivity contribution in [2.45, 2.75) is 26.2 Å². The third kappa shape index (κ3) is 2.81. The minimum Gasteiger partial charge on any atom is -0.302 e. The number of aromatic nitrogens is 1. The van der Waals surface area contributed by atoms with Gasteiger partial charge in [0.05, 0.1) is 5.69 Å². The fraction of sp³-hybridized carbons (Fsp3) is 0.444. The number of thiazole rings is 1. The molecule has 0 spiro atoms. The highest BCUT2D eigenvalue weighted by molar-refractivity contribution is 7.13. The van der Waals surface area contributed by atoms with E-state index in [1.54, 1.807) is 0 Å². The summed E-state index contributed by atoms with van der Waals surface area (Å²) < 4.78 is 0. The predicted octanol–water partition coefficient (Wildman–Crippen LogP) is 2.21. The predicted molar refractivity (Wildman–Crippen MR) is 54.8 cm³/mol. The molecule has 0 saturated heterocycles. The Morgan fingerprint density at radius 3 is 2.62 bits per heavy atom. The SMILES string of the molecule is [CH2]C(=O)Nc1nc(C(C)(C)C)cs1. The van der Waals surface area contributed by atoms with Crippen LogP contribution in [0.4, 0.5) is 5.13 Å². The Labute approximate surface area is 82.2 Å². The van der Waals surface area contributed by atoms with Crippen LogP contribution in [-0.2, 0) is 10.2 Å². The summed E-state index contributed by atoms with van der Waals surface area (Å²) in [6.07, 6.45) is 0. The van der Waals surface area contributed by atoms with Crippen LogP contribution in [0.2, 0.25) is 0 Å². The van der Waals surface area contributed by atoms with Gasteiger partial charge in [0.15, 0.2) is 5.13 Å². The quantitative estimate of drug-likeness (QED) is 0.750. The first kappa shape index (κ1) is 10.2. The maximum absolute atomic E-state index is 10.6. The van der Waals surface area contributed by atoms with Crippen molar-refractivity contribution < 1.29 is 4.79 Å². The molecule has 0 bridgehead atoms. The smallest absolute Gasteiger partial charge is 0.226 e. The topological polar surface area (TPSA) is 42.0 Å². The Kier molecular flexibility index (Phi) is 2.71. The first-order chi connectivity index (χ1) is 5.89. The number of amides is 1. The number of carbonyl (C=O) groups excluding carboxylic acids is 1. The first-order valence-corrected chi connectivity index (χ1v) is 4.86. The zero-order chi connectivity index (χ0) is 10.1. The van der Waals surface area contributed by atoms with E-state index in [2.05, 4.69) is 38.0 Å². The number of hydrogen-bond donors (Lipinski definition) is 1. The van der Waals surface area contributed by atoms with Crippen molar-refractivity contribution in [3.63, 3.8) is 0 Å². The molecule has 4 heteroatoms.